The van der Waals surface area contributed by atoms with E-state index in [4.69, 9.17) is 4.74 Å². The molecular formula is C16H22N2O3. The third-order valence-corrected chi connectivity index (χ3v) is 3.38. The van der Waals surface area contributed by atoms with E-state index in [1.54, 1.807) is 17.0 Å². The van der Waals surface area contributed by atoms with Gasteiger partial charge in [-0.1, -0.05) is 18.2 Å². The minimum atomic E-state index is -0.784. The van der Waals surface area contributed by atoms with E-state index in [-0.39, 0.29) is 18.3 Å². The third kappa shape index (κ3) is 3.36. The molecule has 5 heteroatoms. The molecule has 1 atom stereocenters. The topological polar surface area (TPSA) is 56.4 Å². The SMILES string of the molecule is CCOc1ccccc1C(O)Cn1ccn(C(C)C)c1=O. The molecule has 114 valence electrons. The van der Waals surface area contributed by atoms with E-state index in [1.807, 2.05) is 45.0 Å². The third-order valence-electron chi connectivity index (χ3n) is 3.38. The van der Waals surface area contributed by atoms with E-state index in [2.05, 4.69) is 0 Å². The van der Waals surface area contributed by atoms with Crippen LogP contribution >= 0.6 is 0 Å². The lowest BCUT2D eigenvalue weighted by molar-refractivity contribution is 0.149. The van der Waals surface area contributed by atoms with Gasteiger partial charge >= 0.3 is 5.69 Å². The van der Waals surface area contributed by atoms with Gasteiger partial charge in [0.1, 0.15) is 11.9 Å². The fraction of sp³-hybridized carbons (Fsp3) is 0.438. The quantitative estimate of drug-likeness (QED) is 0.888. The molecule has 0 spiro atoms. The number of benzene rings is 1. The van der Waals surface area contributed by atoms with Gasteiger partial charge in [0.15, 0.2) is 0 Å². The van der Waals surface area contributed by atoms with Crippen molar-refractivity contribution in [2.24, 2.45) is 0 Å². The van der Waals surface area contributed by atoms with E-state index < -0.39 is 6.10 Å². The second-order valence-electron chi connectivity index (χ2n) is 5.22. The molecule has 21 heavy (non-hydrogen) atoms. The molecule has 0 aliphatic carbocycles. The van der Waals surface area contributed by atoms with E-state index in [0.717, 1.165) is 0 Å². The second kappa shape index (κ2) is 6.63. The summed E-state index contributed by atoms with van der Waals surface area (Å²) in [5.41, 5.74) is 0.585. The molecule has 0 saturated carbocycles. The van der Waals surface area contributed by atoms with Crippen LogP contribution in [0.15, 0.2) is 41.5 Å². The molecule has 0 radical (unpaired) electrons. The highest BCUT2D eigenvalue weighted by molar-refractivity contribution is 5.35. The van der Waals surface area contributed by atoms with Gasteiger partial charge in [-0.05, 0) is 26.8 Å². The molecule has 5 nitrogen and oxygen atoms in total. The number of hydrogen-bond donors (Lipinski definition) is 1. The first-order valence-corrected chi connectivity index (χ1v) is 7.21. The molecule has 0 fully saturated rings. The lowest BCUT2D eigenvalue weighted by Gasteiger charge is -2.15. The fourth-order valence-electron chi connectivity index (χ4n) is 2.29. The molecule has 0 saturated heterocycles. The second-order valence-corrected chi connectivity index (χ2v) is 5.22. The number of aliphatic hydroxyl groups excluding tert-OH is 1. The largest absolute Gasteiger partial charge is 0.493 e. The van der Waals surface area contributed by atoms with Gasteiger partial charge in [0.05, 0.1) is 13.2 Å². The molecule has 0 bridgehead atoms. The highest BCUT2D eigenvalue weighted by Gasteiger charge is 2.16. The van der Waals surface area contributed by atoms with Crippen LogP contribution < -0.4 is 10.4 Å². The van der Waals surface area contributed by atoms with E-state index in [0.29, 0.717) is 17.9 Å². The predicted octanol–water partition coefficient (Wildman–Crippen LogP) is 2.36. The molecule has 1 aromatic heterocycles. The van der Waals surface area contributed by atoms with Gasteiger partial charge in [0.25, 0.3) is 0 Å². The molecule has 0 amide bonds. The van der Waals surface area contributed by atoms with E-state index in [1.165, 1.54) is 4.57 Å². The maximum Gasteiger partial charge on any atom is 0.328 e. The van der Waals surface area contributed by atoms with Crippen LogP contribution in [-0.2, 0) is 6.54 Å². The zero-order chi connectivity index (χ0) is 15.4. The van der Waals surface area contributed by atoms with Gasteiger partial charge in [-0.2, -0.15) is 0 Å². The maximum atomic E-state index is 12.2. The molecule has 1 unspecified atom stereocenters. The maximum absolute atomic E-state index is 12.2. The average Bonchev–Trinajstić information content (AvgIpc) is 2.81. The smallest absolute Gasteiger partial charge is 0.328 e. The van der Waals surface area contributed by atoms with Crippen molar-refractivity contribution in [3.63, 3.8) is 0 Å². The van der Waals surface area contributed by atoms with Crippen LogP contribution in [0.25, 0.3) is 0 Å². The van der Waals surface area contributed by atoms with Crippen LogP contribution in [-0.4, -0.2) is 20.8 Å². The van der Waals surface area contributed by atoms with Crippen molar-refractivity contribution in [3.05, 3.63) is 52.7 Å². The first-order chi connectivity index (χ1) is 10.0. The highest BCUT2D eigenvalue weighted by Crippen LogP contribution is 2.25. The molecular weight excluding hydrogens is 268 g/mol. The Labute approximate surface area is 124 Å². The van der Waals surface area contributed by atoms with E-state index >= 15 is 0 Å². The monoisotopic (exact) mass is 290 g/mol. The number of para-hydroxylation sites is 1. The summed E-state index contributed by atoms with van der Waals surface area (Å²) in [6.07, 6.45) is 2.66. The minimum absolute atomic E-state index is 0.103. The van der Waals surface area contributed by atoms with Crippen molar-refractivity contribution in [1.29, 1.82) is 0 Å². The Morgan fingerprint density at radius 2 is 1.95 bits per heavy atom. The molecule has 0 aliphatic rings. The van der Waals surface area contributed by atoms with Crippen molar-refractivity contribution >= 4 is 0 Å². The van der Waals surface area contributed by atoms with Gasteiger partial charge in [-0.25, -0.2) is 4.79 Å². The Kier molecular flexibility index (Phi) is 4.85. The summed E-state index contributed by atoms with van der Waals surface area (Å²) >= 11 is 0. The van der Waals surface area contributed by atoms with Crippen molar-refractivity contribution in [2.45, 2.75) is 39.5 Å². The molecule has 1 N–H and O–H groups in total. The van der Waals surface area contributed by atoms with Crippen molar-refractivity contribution in [1.82, 2.24) is 9.13 Å². The summed E-state index contributed by atoms with van der Waals surface area (Å²) < 4.78 is 8.68. The summed E-state index contributed by atoms with van der Waals surface area (Å²) in [5, 5.41) is 10.4. The predicted molar refractivity (Wildman–Crippen MR) is 81.6 cm³/mol. The summed E-state index contributed by atoms with van der Waals surface area (Å²) in [6.45, 7) is 6.55. The molecule has 2 rings (SSSR count). The van der Waals surface area contributed by atoms with Crippen LogP contribution in [0.4, 0.5) is 0 Å². The first kappa shape index (κ1) is 15.4. The number of hydrogen-bond acceptors (Lipinski definition) is 3. The van der Waals surface area contributed by atoms with Crippen LogP contribution in [0.1, 0.15) is 38.5 Å². The lowest BCUT2D eigenvalue weighted by Crippen LogP contribution is -2.27. The zero-order valence-electron chi connectivity index (χ0n) is 12.7. The number of nitrogens with zero attached hydrogens (tertiary/aromatic N) is 2. The standard InChI is InChI=1S/C16H22N2O3/c1-4-21-15-8-6-5-7-13(15)14(19)11-17-9-10-18(12(2)3)16(17)20/h5-10,12,14,19H,4,11H2,1-3H3. The van der Waals surface area contributed by atoms with E-state index in [9.17, 15) is 9.90 Å². The molecule has 1 aromatic carbocycles. The summed E-state index contributed by atoms with van der Waals surface area (Å²) in [6, 6.07) is 7.46. The highest BCUT2D eigenvalue weighted by atomic mass is 16.5. The van der Waals surface area contributed by atoms with Crippen LogP contribution in [0.2, 0.25) is 0 Å². The molecule has 2 aromatic rings. The van der Waals surface area contributed by atoms with Crippen LogP contribution in [0, 0.1) is 0 Å². The minimum Gasteiger partial charge on any atom is -0.493 e. The van der Waals surface area contributed by atoms with Gasteiger partial charge in [0.2, 0.25) is 0 Å². The Morgan fingerprint density at radius 1 is 1.24 bits per heavy atom. The van der Waals surface area contributed by atoms with Gasteiger partial charge in [0, 0.05) is 24.0 Å². The molecule has 1 heterocycles. The van der Waals surface area contributed by atoms with Gasteiger partial charge in [-0.15, -0.1) is 0 Å². The normalized spacial score (nSPS) is 12.6. The number of imidazole rings is 1. The Morgan fingerprint density at radius 3 is 2.57 bits per heavy atom. The zero-order valence-corrected chi connectivity index (χ0v) is 12.7. The number of aromatic nitrogens is 2. The van der Waals surface area contributed by atoms with Crippen molar-refractivity contribution < 1.29 is 9.84 Å². The fourth-order valence-corrected chi connectivity index (χ4v) is 2.29. The first-order valence-electron chi connectivity index (χ1n) is 7.21. The average molecular weight is 290 g/mol. The van der Waals surface area contributed by atoms with Crippen molar-refractivity contribution in [2.75, 3.05) is 6.61 Å². The number of rotatable bonds is 6. The summed E-state index contributed by atoms with van der Waals surface area (Å²) in [7, 11) is 0. The van der Waals surface area contributed by atoms with Crippen molar-refractivity contribution in [3.8, 4) is 5.75 Å². The molecule has 0 aliphatic heterocycles. The number of aliphatic hydroxyl groups is 1. The Balaban J connectivity index is 2.22. The lowest BCUT2D eigenvalue weighted by atomic mass is 10.1. The van der Waals surface area contributed by atoms with Crippen LogP contribution in [0.3, 0.4) is 0 Å². The number of ether oxygens (including phenoxy) is 1. The Hall–Kier alpha value is -2.01. The van der Waals surface area contributed by atoms with Gasteiger partial charge in [-0.3, -0.25) is 9.13 Å². The van der Waals surface area contributed by atoms with Gasteiger partial charge < -0.3 is 9.84 Å². The Bertz CT molecular complexity index is 643. The summed E-state index contributed by atoms with van der Waals surface area (Å²) in [4.78, 5) is 12.2. The van der Waals surface area contributed by atoms with Crippen LogP contribution in [0.5, 0.6) is 5.75 Å². The summed E-state index contributed by atoms with van der Waals surface area (Å²) in [5.74, 6) is 0.656.